The molecule has 1 fully saturated rings. The molecule has 0 aromatic heterocycles. The van der Waals surface area contributed by atoms with Gasteiger partial charge >= 0.3 is 0 Å². The van der Waals surface area contributed by atoms with Gasteiger partial charge in [0.15, 0.2) is 0 Å². The highest BCUT2D eigenvalue weighted by Gasteiger charge is 2.44. The quantitative estimate of drug-likeness (QED) is 0.704. The van der Waals surface area contributed by atoms with Crippen LogP contribution in [0.1, 0.15) is 25.3 Å². The molecule has 2 aromatic rings. The predicted molar refractivity (Wildman–Crippen MR) is 114 cm³/mol. The molecule has 9 nitrogen and oxygen atoms in total. The van der Waals surface area contributed by atoms with E-state index in [4.69, 9.17) is 4.74 Å². The summed E-state index contributed by atoms with van der Waals surface area (Å²) in [7, 11) is -2.75. The first kappa shape index (κ1) is 22.3. The van der Waals surface area contributed by atoms with Crippen molar-refractivity contribution < 1.29 is 27.5 Å². The number of sulfonamides is 1. The number of nitrogens with zero attached hydrogens (tertiary/aromatic N) is 1. The second kappa shape index (κ2) is 8.76. The van der Waals surface area contributed by atoms with Crippen molar-refractivity contribution in [3.05, 3.63) is 48.0 Å². The summed E-state index contributed by atoms with van der Waals surface area (Å²) in [6, 6.07) is 9.47. The van der Waals surface area contributed by atoms with Crippen LogP contribution < -0.4 is 15.4 Å². The van der Waals surface area contributed by atoms with E-state index >= 15 is 0 Å². The molecule has 2 N–H and O–H groups in total. The van der Waals surface area contributed by atoms with Crippen molar-refractivity contribution in [2.45, 2.75) is 37.6 Å². The van der Waals surface area contributed by atoms with E-state index in [1.54, 1.807) is 31.2 Å². The maximum atomic E-state index is 13.2. The summed E-state index contributed by atoms with van der Waals surface area (Å²) < 4.78 is 32.1. The van der Waals surface area contributed by atoms with Gasteiger partial charge in [-0.2, -0.15) is 0 Å². The SMILES string of the molecule is COc1ccc(S(=O)(=O)N2C(=O)CC[C@@H]2C(=O)Nc2ccc(NC(C)=O)cc2)cc1C. The van der Waals surface area contributed by atoms with Crippen LogP contribution >= 0.6 is 0 Å². The van der Waals surface area contributed by atoms with Crippen LogP contribution in [0.5, 0.6) is 5.75 Å². The molecular weight excluding hydrogens is 422 g/mol. The first-order valence-corrected chi connectivity index (χ1v) is 11.0. The van der Waals surface area contributed by atoms with Crippen molar-refractivity contribution in [3.8, 4) is 5.75 Å². The molecule has 10 heteroatoms. The zero-order valence-electron chi connectivity index (χ0n) is 17.3. The fourth-order valence-electron chi connectivity index (χ4n) is 3.39. The fraction of sp³-hybridized carbons (Fsp3) is 0.286. The van der Waals surface area contributed by atoms with E-state index in [1.807, 2.05) is 0 Å². The van der Waals surface area contributed by atoms with Gasteiger partial charge in [0.1, 0.15) is 11.8 Å². The number of aryl methyl sites for hydroxylation is 1. The number of carbonyl (C=O) groups is 3. The lowest BCUT2D eigenvalue weighted by Gasteiger charge is -2.24. The van der Waals surface area contributed by atoms with Crippen LogP contribution in [0.15, 0.2) is 47.4 Å². The van der Waals surface area contributed by atoms with Crippen LogP contribution in [-0.4, -0.2) is 43.6 Å². The van der Waals surface area contributed by atoms with Gasteiger partial charge in [-0.05, 0) is 61.4 Å². The molecule has 31 heavy (non-hydrogen) atoms. The second-order valence-corrected chi connectivity index (χ2v) is 8.94. The Kier molecular flexibility index (Phi) is 6.30. The van der Waals surface area contributed by atoms with Gasteiger partial charge in [-0.15, -0.1) is 0 Å². The van der Waals surface area contributed by atoms with E-state index in [2.05, 4.69) is 10.6 Å². The molecule has 1 aliphatic rings. The molecule has 0 bridgehead atoms. The summed E-state index contributed by atoms with van der Waals surface area (Å²) in [6.07, 6.45) is 0.0386. The number of rotatable bonds is 6. The minimum absolute atomic E-state index is 0.0477. The third-order valence-corrected chi connectivity index (χ3v) is 6.68. The van der Waals surface area contributed by atoms with Crippen LogP contribution in [0.4, 0.5) is 11.4 Å². The second-order valence-electron chi connectivity index (χ2n) is 7.13. The number of nitrogens with one attached hydrogen (secondary N) is 2. The largest absolute Gasteiger partial charge is 0.496 e. The molecule has 0 radical (unpaired) electrons. The number of carbonyl (C=O) groups excluding carboxylic acids is 3. The van der Waals surface area contributed by atoms with Gasteiger partial charge in [0, 0.05) is 24.7 Å². The number of benzene rings is 2. The normalized spacial score (nSPS) is 16.2. The molecule has 3 rings (SSSR count). The zero-order chi connectivity index (χ0) is 22.8. The van der Waals surface area contributed by atoms with Crippen molar-refractivity contribution in [2.75, 3.05) is 17.7 Å². The Morgan fingerprint density at radius 2 is 1.68 bits per heavy atom. The average Bonchev–Trinajstić information content (AvgIpc) is 3.11. The minimum Gasteiger partial charge on any atom is -0.496 e. The minimum atomic E-state index is -4.22. The molecule has 2 aromatic carbocycles. The molecule has 1 aliphatic heterocycles. The summed E-state index contributed by atoms with van der Waals surface area (Å²) in [5.74, 6) is -0.943. The lowest BCUT2D eigenvalue weighted by atomic mass is 10.2. The summed E-state index contributed by atoms with van der Waals surface area (Å²) >= 11 is 0. The molecular formula is C21H23N3O6S. The molecule has 164 valence electrons. The molecule has 1 heterocycles. The zero-order valence-corrected chi connectivity index (χ0v) is 18.2. The molecule has 0 aliphatic carbocycles. The number of methoxy groups -OCH3 is 1. The van der Waals surface area contributed by atoms with Gasteiger partial charge < -0.3 is 15.4 Å². The Balaban J connectivity index is 1.82. The molecule has 3 amide bonds. The topological polar surface area (TPSA) is 122 Å². The van der Waals surface area contributed by atoms with E-state index in [0.717, 1.165) is 0 Å². The van der Waals surface area contributed by atoms with Crippen molar-refractivity contribution >= 4 is 39.1 Å². The van der Waals surface area contributed by atoms with E-state index in [9.17, 15) is 22.8 Å². The molecule has 0 unspecified atom stereocenters. The van der Waals surface area contributed by atoms with Crippen LogP contribution in [0.25, 0.3) is 0 Å². The maximum Gasteiger partial charge on any atom is 0.267 e. The third kappa shape index (κ3) is 4.69. The summed E-state index contributed by atoms with van der Waals surface area (Å²) in [5.41, 5.74) is 1.56. The number of amides is 3. The van der Waals surface area contributed by atoms with Crippen molar-refractivity contribution in [3.63, 3.8) is 0 Å². The van der Waals surface area contributed by atoms with Gasteiger partial charge in [0.05, 0.1) is 12.0 Å². The van der Waals surface area contributed by atoms with Crippen LogP contribution in [0.2, 0.25) is 0 Å². The highest BCUT2D eigenvalue weighted by Crippen LogP contribution is 2.30. The number of hydrogen-bond acceptors (Lipinski definition) is 6. The van der Waals surface area contributed by atoms with E-state index in [1.165, 1.54) is 32.2 Å². The Morgan fingerprint density at radius 1 is 1.06 bits per heavy atom. The lowest BCUT2D eigenvalue weighted by molar-refractivity contribution is -0.128. The van der Waals surface area contributed by atoms with Crippen molar-refractivity contribution in [1.82, 2.24) is 4.31 Å². The average molecular weight is 445 g/mol. The standard InChI is InChI=1S/C21H23N3O6S/c1-13-12-17(8-10-19(13)30-3)31(28,29)24-18(9-11-20(24)26)21(27)23-16-6-4-15(5-7-16)22-14(2)25/h4-8,10,12,18H,9,11H2,1-3H3,(H,22,25)(H,23,27)/t18-/m1/s1. The van der Waals surface area contributed by atoms with Gasteiger partial charge in [-0.1, -0.05) is 0 Å². The summed E-state index contributed by atoms with van der Waals surface area (Å²) in [5, 5.41) is 5.25. The van der Waals surface area contributed by atoms with Crippen molar-refractivity contribution in [2.24, 2.45) is 0 Å². The number of anilines is 2. The monoisotopic (exact) mass is 445 g/mol. The van der Waals surface area contributed by atoms with E-state index in [0.29, 0.717) is 27.0 Å². The molecule has 0 saturated carbocycles. The molecule has 1 atom stereocenters. The van der Waals surface area contributed by atoms with E-state index in [-0.39, 0.29) is 23.6 Å². The predicted octanol–water partition coefficient (Wildman–Crippen LogP) is 2.28. The molecule has 0 spiro atoms. The fourth-order valence-corrected chi connectivity index (χ4v) is 5.08. The van der Waals surface area contributed by atoms with Gasteiger partial charge in [-0.3, -0.25) is 14.4 Å². The maximum absolute atomic E-state index is 13.2. The molecule has 1 saturated heterocycles. The Bertz CT molecular complexity index is 1130. The van der Waals surface area contributed by atoms with Crippen LogP contribution in [0, 0.1) is 6.92 Å². The third-order valence-electron chi connectivity index (χ3n) is 4.86. The van der Waals surface area contributed by atoms with Crippen molar-refractivity contribution in [1.29, 1.82) is 0 Å². The van der Waals surface area contributed by atoms with Gasteiger partial charge in [-0.25, -0.2) is 12.7 Å². The van der Waals surface area contributed by atoms with Gasteiger partial charge in [0.2, 0.25) is 17.7 Å². The first-order chi connectivity index (χ1) is 14.6. The van der Waals surface area contributed by atoms with E-state index < -0.39 is 27.9 Å². The Labute approximate surface area is 180 Å². The summed E-state index contributed by atoms with van der Waals surface area (Å²) in [4.78, 5) is 36.3. The first-order valence-electron chi connectivity index (χ1n) is 9.54. The van der Waals surface area contributed by atoms with Crippen LogP contribution in [-0.2, 0) is 24.4 Å². The highest BCUT2D eigenvalue weighted by molar-refractivity contribution is 7.89. The Hall–Kier alpha value is -3.40. The lowest BCUT2D eigenvalue weighted by Crippen LogP contribution is -2.45. The Morgan fingerprint density at radius 3 is 2.23 bits per heavy atom. The number of ether oxygens (including phenoxy) is 1. The van der Waals surface area contributed by atoms with Gasteiger partial charge in [0.25, 0.3) is 10.0 Å². The smallest absolute Gasteiger partial charge is 0.267 e. The number of hydrogen-bond donors (Lipinski definition) is 2. The summed E-state index contributed by atoms with van der Waals surface area (Å²) in [6.45, 7) is 3.07. The highest BCUT2D eigenvalue weighted by atomic mass is 32.2. The van der Waals surface area contributed by atoms with Crippen LogP contribution in [0.3, 0.4) is 0 Å².